The van der Waals surface area contributed by atoms with Crippen LogP contribution in [0.3, 0.4) is 0 Å². The summed E-state index contributed by atoms with van der Waals surface area (Å²) in [4.78, 5) is 33.2. The maximum atomic E-state index is 14.1. The summed E-state index contributed by atoms with van der Waals surface area (Å²) in [6.07, 6.45) is 1.35. The van der Waals surface area contributed by atoms with Crippen LogP contribution in [0, 0.1) is 0 Å². The van der Waals surface area contributed by atoms with Gasteiger partial charge in [-0.25, -0.2) is 17.4 Å². The number of hydrogen-bond donors (Lipinski definition) is 0. The lowest BCUT2D eigenvalue weighted by molar-refractivity contribution is 0.0764. The number of fused-ring (bicyclic) bond motifs is 1. The minimum absolute atomic E-state index is 0.0111. The zero-order valence-electron chi connectivity index (χ0n) is 21.0. The van der Waals surface area contributed by atoms with Crippen molar-refractivity contribution in [2.45, 2.75) is 18.7 Å². The lowest BCUT2D eigenvalue weighted by Crippen LogP contribution is -2.32. The fourth-order valence-corrected chi connectivity index (χ4v) is 5.74. The van der Waals surface area contributed by atoms with E-state index in [1.807, 2.05) is 13.8 Å². The van der Waals surface area contributed by atoms with Gasteiger partial charge in [0.25, 0.3) is 15.9 Å². The van der Waals surface area contributed by atoms with Crippen molar-refractivity contribution in [3.8, 4) is 11.6 Å². The van der Waals surface area contributed by atoms with Gasteiger partial charge in [-0.05, 0) is 56.3 Å². The first-order valence-electron chi connectivity index (χ1n) is 11.7. The Hall–Kier alpha value is -4.18. The smallest absolute Gasteiger partial charge is 0.268 e. The highest BCUT2D eigenvalue weighted by molar-refractivity contribution is 7.90. The molecule has 0 aliphatic carbocycles. The molecule has 0 saturated carbocycles. The van der Waals surface area contributed by atoms with Crippen LogP contribution in [0.1, 0.15) is 40.3 Å². The maximum Gasteiger partial charge on any atom is 0.268 e. The van der Waals surface area contributed by atoms with Gasteiger partial charge in [0.1, 0.15) is 17.0 Å². The van der Waals surface area contributed by atoms with Gasteiger partial charge in [0, 0.05) is 30.2 Å². The van der Waals surface area contributed by atoms with Gasteiger partial charge < -0.3 is 14.4 Å². The quantitative estimate of drug-likeness (QED) is 0.306. The Balaban J connectivity index is 2.01. The van der Waals surface area contributed by atoms with Crippen LogP contribution >= 0.6 is 0 Å². The van der Waals surface area contributed by atoms with Gasteiger partial charge in [-0.2, -0.15) is 0 Å². The number of benzene rings is 2. The van der Waals surface area contributed by atoms with Crippen molar-refractivity contribution >= 4 is 32.6 Å². The highest BCUT2D eigenvalue weighted by atomic mass is 32.2. The standard InChI is InChI=1S/C27H27N3O6S/c1-5-29(6-2)27(32)24-21(14-15-28-26(24)36-4)25(31)23-17-18-16-19(35-3)12-13-22(18)30(23)37(33,34)20-10-8-7-9-11-20/h7-17H,5-6H2,1-4H3. The Morgan fingerprint density at radius 3 is 2.27 bits per heavy atom. The third kappa shape index (κ3) is 4.55. The van der Waals surface area contributed by atoms with E-state index in [0.29, 0.717) is 29.7 Å². The lowest BCUT2D eigenvalue weighted by atomic mass is 10.0. The third-order valence-electron chi connectivity index (χ3n) is 6.10. The predicted octanol–water partition coefficient (Wildman–Crippen LogP) is 4.00. The molecule has 2 aromatic carbocycles. The number of hydrogen-bond acceptors (Lipinski definition) is 7. The summed E-state index contributed by atoms with van der Waals surface area (Å²) in [7, 11) is -1.33. The van der Waals surface area contributed by atoms with E-state index in [1.54, 1.807) is 36.4 Å². The zero-order chi connectivity index (χ0) is 26.7. The molecule has 0 fully saturated rings. The summed E-state index contributed by atoms with van der Waals surface area (Å²) < 4.78 is 39.3. The van der Waals surface area contributed by atoms with E-state index in [0.717, 1.165) is 3.97 Å². The molecule has 4 aromatic rings. The molecule has 37 heavy (non-hydrogen) atoms. The Morgan fingerprint density at radius 1 is 0.946 bits per heavy atom. The van der Waals surface area contributed by atoms with Crippen LogP contribution < -0.4 is 9.47 Å². The number of aromatic nitrogens is 2. The van der Waals surface area contributed by atoms with Crippen molar-refractivity contribution in [2.75, 3.05) is 27.3 Å². The maximum absolute atomic E-state index is 14.1. The summed E-state index contributed by atoms with van der Waals surface area (Å²) in [5, 5.41) is 0.486. The molecule has 0 bridgehead atoms. The number of ether oxygens (including phenoxy) is 2. The van der Waals surface area contributed by atoms with Crippen molar-refractivity contribution in [3.63, 3.8) is 0 Å². The first-order valence-corrected chi connectivity index (χ1v) is 13.1. The highest BCUT2D eigenvalue weighted by Crippen LogP contribution is 2.32. The topological polar surface area (TPSA) is 108 Å². The second-order valence-corrected chi connectivity index (χ2v) is 9.87. The summed E-state index contributed by atoms with van der Waals surface area (Å²) in [5.41, 5.74) is 0.132. The molecular formula is C27H27N3O6S. The van der Waals surface area contributed by atoms with Gasteiger partial charge in [-0.1, -0.05) is 18.2 Å². The fraction of sp³-hybridized carbons (Fsp3) is 0.222. The third-order valence-corrected chi connectivity index (χ3v) is 7.84. The zero-order valence-corrected chi connectivity index (χ0v) is 21.8. The normalized spacial score (nSPS) is 11.4. The van der Waals surface area contributed by atoms with Gasteiger partial charge >= 0.3 is 0 Å². The second kappa shape index (κ2) is 10.4. The fourth-order valence-electron chi connectivity index (χ4n) is 4.21. The average molecular weight is 522 g/mol. The van der Waals surface area contributed by atoms with Crippen molar-refractivity contribution in [3.05, 3.63) is 83.7 Å². The molecule has 0 N–H and O–H groups in total. The molecule has 192 valence electrons. The summed E-state index contributed by atoms with van der Waals surface area (Å²) in [5.74, 6) is -0.610. The van der Waals surface area contributed by atoms with Crippen molar-refractivity contribution < 1.29 is 27.5 Å². The molecule has 2 heterocycles. The number of ketones is 1. The van der Waals surface area contributed by atoms with Crippen LogP contribution in [0.25, 0.3) is 10.9 Å². The molecule has 10 heteroatoms. The number of nitrogens with zero attached hydrogens (tertiary/aromatic N) is 3. The minimum Gasteiger partial charge on any atom is -0.497 e. The monoisotopic (exact) mass is 521 g/mol. The number of carbonyl (C=O) groups is 2. The van der Waals surface area contributed by atoms with Crippen LogP contribution in [0.4, 0.5) is 0 Å². The summed E-state index contributed by atoms with van der Waals surface area (Å²) >= 11 is 0. The second-order valence-electron chi connectivity index (χ2n) is 8.09. The van der Waals surface area contributed by atoms with Crippen LogP contribution in [-0.4, -0.2) is 61.3 Å². The Bertz CT molecular complexity index is 1570. The average Bonchev–Trinajstić information content (AvgIpc) is 3.32. The Morgan fingerprint density at radius 2 is 1.65 bits per heavy atom. The molecule has 0 spiro atoms. The number of rotatable bonds is 9. The van der Waals surface area contributed by atoms with E-state index in [9.17, 15) is 18.0 Å². The molecule has 0 aliphatic heterocycles. The van der Waals surface area contributed by atoms with Gasteiger partial charge in [0.15, 0.2) is 0 Å². The molecule has 1 amide bonds. The molecule has 0 saturated heterocycles. The van der Waals surface area contributed by atoms with E-state index < -0.39 is 21.7 Å². The Labute approximate surface area is 215 Å². The van der Waals surface area contributed by atoms with E-state index in [-0.39, 0.29) is 27.6 Å². The van der Waals surface area contributed by atoms with Gasteiger partial charge in [-0.15, -0.1) is 0 Å². The minimum atomic E-state index is -4.19. The molecular weight excluding hydrogens is 494 g/mol. The predicted molar refractivity (Wildman–Crippen MR) is 139 cm³/mol. The van der Waals surface area contributed by atoms with E-state index in [4.69, 9.17) is 9.47 Å². The number of carbonyl (C=O) groups excluding carboxylic acids is 2. The summed E-state index contributed by atoms with van der Waals surface area (Å²) in [6.45, 7) is 4.46. The molecule has 2 aromatic heterocycles. The van der Waals surface area contributed by atoms with Gasteiger partial charge in [0.2, 0.25) is 11.7 Å². The summed E-state index contributed by atoms with van der Waals surface area (Å²) in [6, 6.07) is 15.6. The van der Waals surface area contributed by atoms with Crippen molar-refractivity contribution in [2.24, 2.45) is 0 Å². The molecule has 0 aliphatic rings. The molecule has 0 unspecified atom stereocenters. The van der Waals surface area contributed by atoms with E-state index in [2.05, 4.69) is 4.98 Å². The van der Waals surface area contributed by atoms with Crippen LogP contribution in [0.15, 0.2) is 71.8 Å². The number of amides is 1. The highest BCUT2D eigenvalue weighted by Gasteiger charge is 2.31. The first-order chi connectivity index (χ1) is 17.8. The molecule has 0 radical (unpaired) electrons. The van der Waals surface area contributed by atoms with E-state index in [1.165, 1.54) is 49.6 Å². The Kier molecular flexibility index (Phi) is 7.30. The van der Waals surface area contributed by atoms with Gasteiger partial charge in [-0.3, -0.25) is 9.59 Å². The largest absolute Gasteiger partial charge is 0.497 e. The van der Waals surface area contributed by atoms with Crippen LogP contribution in [0.5, 0.6) is 11.6 Å². The molecule has 0 atom stereocenters. The number of pyridine rings is 1. The first kappa shape index (κ1) is 25.9. The van der Waals surface area contributed by atoms with E-state index >= 15 is 0 Å². The SMILES string of the molecule is CCN(CC)C(=O)c1c(C(=O)c2cc3cc(OC)ccc3n2S(=O)(=O)c2ccccc2)ccnc1OC. The van der Waals surface area contributed by atoms with Crippen molar-refractivity contribution in [1.82, 2.24) is 13.9 Å². The van der Waals surface area contributed by atoms with Crippen LogP contribution in [-0.2, 0) is 10.0 Å². The van der Waals surface area contributed by atoms with Crippen molar-refractivity contribution in [1.29, 1.82) is 0 Å². The lowest BCUT2D eigenvalue weighted by Gasteiger charge is -2.21. The number of methoxy groups -OCH3 is 2. The molecule has 4 rings (SSSR count). The van der Waals surface area contributed by atoms with Gasteiger partial charge in [0.05, 0.1) is 24.6 Å². The molecule has 9 nitrogen and oxygen atoms in total. The van der Waals surface area contributed by atoms with Crippen LogP contribution in [0.2, 0.25) is 0 Å².